The lowest BCUT2D eigenvalue weighted by atomic mass is 10.1. The summed E-state index contributed by atoms with van der Waals surface area (Å²) in [4.78, 5) is 11.3. The zero-order chi connectivity index (χ0) is 11.3. The second-order valence-corrected chi connectivity index (χ2v) is 3.58. The van der Waals surface area contributed by atoms with Crippen molar-refractivity contribution >= 4 is 5.97 Å². The van der Waals surface area contributed by atoms with Gasteiger partial charge in [-0.1, -0.05) is 26.0 Å². The number of rotatable bonds is 4. The summed E-state index contributed by atoms with van der Waals surface area (Å²) in [5, 5.41) is 9.05. The Morgan fingerprint density at radius 1 is 1.40 bits per heavy atom. The minimum atomic E-state index is -0.175. The summed E-state index contributed by atoms with van der Waals surface area (Å²) >= 11 is 0. The average molecular weight is 208 g/mol. The molecule has 1 atom stereocenters. The van der Waals surface area contributed by atoms with Gasteiger partial charge >= 0.3 is 5.97 Å². The molecular weight excluding hydrogens is 192 g/mol. The van der Waals surface area contributed by atoms with E-state index in [4.69, 9.17) is 9.84 Å². The highest BCUT2D eigenvalue weighted by molar-refractivity contribution is 5.71. The van der Waals surface area contributed by atoms with Crippen LogP contribution in [0.1, 0.15) is 25.8 Å². The lowest BCUT2D eigenvalue weighted by Gasteiger charge is -2.09. The molecule has 0 spiro atoms. The molecule has 15 heavy (non-hydrogen) atoms. The van der Waals surface area contributed by atoms with E-state index >= 15 is 0 Å². The Balaban J connectivity index is 2.43. The first kappa shape index (κ1) is 11.6. The van der Waals surface area contributed by atoms with Crippen LogP contribution in [0, 0.1) is 5.92 Å². The Bertz CT molecular complexity index is 316. The van der Waals surface area contributed by atoms with E-state index in [9.17, 15) is 4.79 Å². The van der Waals surface area contributed by atoms with E-state index in [0.29, 0.717) is 0 Å². The number of benzene rings is 1. The third-order valence-corrected chi connectivity index (χ3v) is 2.33. The van der Waals surface area contributed by atoms with E-state index in [-0.39, 0.29) is 24.2 Å². The van der Waals surface area contributed by atoms with Crippen LogP contribution in [0.2, 0.25) is 0 Å². The molecule has 3 nitrogen and oxygen atoms in total. The van der Waals surface area contributed by atoms with Crippen molar-refractivity contribution in [1.82, 2.24) is 0 Å². The van der Waals surface area contributed by atoms with Crippen LogP contribution in [-0.4, -0.2) is 11.1 Å². The second kappa shape index (κ2) is 5.39. The lowest BCUT2D eigenvalue weighted by molar-refractivity contribution is -0.149. The minimum Gasteiger partial charge on any atom is -0.508 e. The van der Waals surface area contributed by atoms with Crippen molar-refractivity contribution in [3.05, 3.63) is 29.8 Å². The van der Waals surface area contributed by atoms with Crippen molar-refractivity contribution in [2.75, 3.05) is 0 Å². The molecule has 0 aromatic heterocycles. The molecule has 0 aliphatic rings. The number of phenols is 1. The van der Waals surface area contributed by atoms with Gasteiger partial charge in [0.05, 0.1) is 5.92 Å². The summed E-state index contributed by atoms with van der Waals surface area (Å²) in [5.74, 6) is -0.0142. The van der Waals surface area contributed by atoms with Crippen LogP contribution < -0.4 is 0 Å². The number of hydrogen-bond donors (Lipinski definition) is 1. The third-order valence-electron chi connectivity index (χ3n) is 2.33. The molecule has 0 saturated heterocycles. The zero-order valence-corrected chi connectivity index (χ0v) is 9.06. The summed E-state index contributed by atoms with van der Waals surface area (Å²) in [7, 11) is 0. The Morgan fingerprint density at radius 2 is 2.00 bits per heavy atom. The summed E-state index contributed by atoms with van der Waals surface area (Å²) in [5.41, 5.74) is 0.879. The number of carbonyl (C=O) groups is 1. The monoisotopic (exact) mass is 208 g/mol. The van der Waals surface area contributed by atoms with Gasteiger partial charge in [0.15, 0.2) is 0 Å². The van der Waals surface area contributed by atoms with Crippen LogP contribution in [-0.2, 0) is 16.1 Å². The first-order valence-corrected chi connectivity index (χ1v) is 5.08. The van der Waals surface area contributed by atoms with E-state index in [2.05, 4.69) is 0 Å². The predicted octanol–water partition coefficient (Wildman–Crippen LogP) is 2.48. The summed E-state index contributed by atoms with van der Waals surface area (Å²) in [6, 6.07) is 6.62. The molecule has 1 rings (SSSR count). The van der Waals surface area contributed by atoms with Gasteiger partial charge in [0.1, 0.15) is 12.4 Å². The molecule has 82 valence electrons. The Hall–Kier alpha value is -1.51. The maximum absolute atomic E-state index is 11.3. The molecule has 1 unspecified atom stereocenters. The van der Waals surface area contributed by atoms with E-state index in [1.165, 1.54) is 0 Å². The fourth-order valence-corrected chi connectivity index (χ4v) is 1.06. The van der Waals surface area contributed by atoms with Crippen LogP contribution in [0.25, 0.3) is 0 Å². The van der Waals surface area contributed by atoms with E-state index in [0.717, 1.165) is 12.0 Å². The molecule has 0 saturated carbocycles. The molecule has 0 amide bonds. The first-order valence-electron chi connectivity index (χ1n) is 5.08. The number of esters is 1. The highest BCUT2D eigenvalue weighted by Crippen LogP contribution is 2.11. The lowest BCUT2D eigenvalue weighted by Crippen LogP contribution is -2.13. The molecular formula is C12H16O3. The fraction of sp³-hybridized carbons (Fsp3) is 0.417. The summed E-state index contributed by atoms with van der Waals surface area (Å²) in [6.45, 7) is 4.06. The zero-order valence-electron chi connectivity index (χ0n) is 9.06. The third kappa shape index (κ3) is 3.62. The minimum absolute atomic E-state index is 0.0536. The van der Waals surface area contributed by atoms with Gasteiger partial charge in [0.25, 0.3) is 0 Å². The van der Waals surface area contributed by atoms with Gasteiger partial charge in [0, 0.05) is 0 Å². The number of carbonyl (C=O) groups excluding carboxylic acids is 1. The Morgan fingerprint density at radius 3 is 2.53 bits per heavy atom. The quantitative estimate of drug-likeness (QED) is 0.773. The Labute approximate surface area is 89.7 Å². The van der Waals surface area contributed by atoms with E-state index in [1.807, 2.05) is 13.8 Å². The fourth-order valence-electron chi connectivity index (χ4n) is 1.06. The van der Waals surface area contributed by atoms with Gasteiger partial charge in [-0.05, 0) is 24.1 Å². The Kier molecular flexibility index (Phi) is 4.16. The normalized spacial score (nSPS) is 12.1. The van der Waals surface area contributed by atoms with Gasteiger partial charge in [-0.2, -0.15) is 0 Å². The van der Waals surface area contributed by atoms with Crippen molar-refractivity contribution in [3.63, 3.8) is 0 Å². The molecule has 0 aliphatic carbocycles. The van der Waals surface area contributed by atoms with Gasteiger partial charge in [0.2, 0.25) is 0 Å². The number of phenolic OH excluding ortho intramolecular Hbond substituents is 1. The van der Waals surface area contributed by atoms with Crippen molar-refractivity contribution < 1.29 is 14.6 Å². The van der Waals surface area contributed by atoms with Crippen molar-refractivity contribution in [2.24, 2.45) is 5.92 Å². The van der Waals surface area contributed by atoms with Gasteiger partial charge in [-0.15, -0.1) is 0 Å². The maximum atomic E-state index is 11.3. The largest absolute Gasteiger partial charge is 0.508 e. The number of hydrogen-bond acceptors (Lipinski definition) is 3. The molecule has 0 radical (unpaired) electrons. The summed E-state index contributed by atoms with van der Waals surface area (Å²) in [6.07, 6.45) is 0.786. The van der Waals surface area contributed by atoms with Crippen LogP contribution in [0.5, 0.6) is 5.75 Å². The predicted molar refractivity (Wildman–Crippen MR) is 57.4 cm³/mol. The van der Waals surface area contributed by atoms with E-state index < -0.39 is 0 Å². The number of ether oxygens (including phenoxy) is 1. The van der Waals surface area contributed by atoms with Crippen LogP contribution in [0.15, 0.2) is 24.3 Å². The SMILES string of the molecule is CCC(C)C(=O)OCc1ccc(O)cc1. The van der Waals surface area contributed by atoms with Crippen LogP contribution in [0.3, 0.4) is 0 Å². The van der Waals surface area contributed by atoms with Crippen molar-refractivity contribution in [2.45, 2.75) is 26.9 Å². The number of aromatic hydroxyl groups is 1. The second-order valence-electron chi connectivity index (χ2n) is 3.58. The highest BCUT2D eigenvalue weighted by atomic mass is 16.5. The van der Waals surface area contributed by atoms with E-state index in [1.54, 1.807) is 24.3 Å². The van der Waals surface area contributed by atoms with Crippen molar-refractivity contribution in [1.29, 1.82) is 0 Å². The smallest absolute Gasteiger partial charge is 0.308 e. The van der Waals surface area contributed by atoms with Crippen LogP contribution in [0.4, 0.5) is 0 Å². The van der Waals surface area contributed by atoms with Crippen molar-refractivity contribution in [3.8, 4) is 5.75 Å². The average Bonchev–Trinajstić information content (AvgIpc) is 2.26. The van der Waals surface area contributed by atoms with Gasteiger partial charge < -0.3 is 9.84 Å². The topological polar surface area (TPSA) is 46.5 Å². The standard InChI is InChI=1S/C12H16O3/c1-3-9(2)12(14)15-8-10-4-6-11(13)7-5-10/h4-7,9,13H,3,8H2,1-2H3. The molecule has 1 aromatic rings. The highest BCUT2D eigenvalue weighted by Gasteiger charge is 2.11. The molecule has 3 heteroatoms. The van der Waals surface area contributed by atoms with Gasteiger partial charge in [-0.25, -0.2) is 0 Å². The van der Waals surface area contributed by atoms with Crippen LogP contribution >= 0.6 is 0 Å². The molecule has 1 N–H and O–H groups in total. The molecule has 0 fully saturated rings. The summed E-state index contributed by atoms with van der Waals surface area (Å²) < 4.78 is 5.10. The van der Waals surface area contributed by atoms with Gasteiger partial charge in [-0.3, -0.25) is 4.79 Å². The molecule has 0 heterocycles. The molecule has 0 aliphatic heterocycles. The molecule has 1 aromatic carbocycles. The maximum Gasteiger partial charge on any atom is 0.308 e. The first-order chi connectivity index (χ1) is 7.13. The molecule has 0 bridgehead atoms.